The fraction of sp³-hybridized carbons (Fsp3) is 0.800. The summed E-state index contributed by atoms with van der Waals surface area (Å²) in [4.78, 5) is 10.3. The number of carboxylic acid groups (broad SMARTS) is 1. The van der Waals surface area contributed by atoms with E-state index in [0.29, 0.717) is 0 Å². The van der Waals surface area contributed by atoms with Gasteiger partial charge in [0.2, 0.25) is 0 Å². The number of aliphatic carboxylic acids is 1. The molecule has 4 nitrogen and oxygen atoms in total. The molecular weight excluding hydrogens is 120 g/mol. The van der Waals surface area contributed by atoms with E-state index in [-0.39, 0.29) is 13.0 Å². The first-order chi connectivity index (χ1) is 4.92. The molecule has 0 aromatic rings. The van der Waals surface area contributed by atoms with Crippen LogP contribution >= 0.6 is 0 Å². The summed E-state index contributed by atoms with van der Waals surface area (Å²) in [6, 6.07) is -2.24. The maximum Gasteiger partial charge on any atom is 0.320 e. The van der Waals surface area contributed by atoms with Gasteiger partial charge in [0.05, 0.1) is 1.37 Å². The zero-order valence-electron chi connectivity index (χ0n) is 7.00. The van der Waals surface area contributed by atoms with Gasteiger partial charge in [-0.2, -0.15) is 0 Å². The average molecular weight is 134 g/mol. The lowest BCUT2D eigenvalue weighted by atomic mass is 10.2. The summed E-state index contributed by atoms with van der Waals surface area (Å²) in [7, 11) is 0. The van der Waals surface area contributed by atoms with Crippen molar-refractivity contribution in [3.05, 3.63) is 0 Å². The molecule has 0 amide bonds. The average Bonchev–Trinajstić information content (AvgIpc) is 1.88. The first-order valence-corrected chi connectivity index (χ1v) is 2.57. The molecule has 54 valence electrons. The van der Waals surface area contributed by atoms with Crippen LogP contribution in [0.2, 0.25) is 0 Å². The summed E-state index contributed by atoms with van der Waals surface area (Å²) >= 11 is 0. The van der Waals surface area contributed by atoms with Gasteiger partial charge < -0.3 is 16.6 Å². The number of rotatable bonds is 4. The van der Waals surface area contributed by atoms with Crippen molar-refractivity contribution in [1.82, 2.24) is 0 Å². The highest BCUT2D eigenvalue weighted by molar-refractivity contribution is 5.72. The molecule has 9 heavy (non-hydrogen) atoms. The second-order valence-corrected chi connectivity index (χ2v) is 1.54. The number of hydrogen-bond acceptors (Lipinski definition) is 3. The maximum absolute atomic E-state index is 10.3. The van der Waals surface area contributed by atoms with E-state index in [1.165, 1.54) is 0 Å². The molecule has 0 bridgehead atoms. The molecule has 0 heterocycles. The van der Waals surface area contributed by atoms with Crippen molar-refractivity contribution in [2.24, 2.45) is 11.5 Å². The third-order valence-corrected chi connectivity index (χ3v) is 0.778. The molecule has 2 atom stereocenters. The minimum absolute atomic E-state index is 0.117. The van der Waals surface area contributed by atoms with Crippen LogP contribution in [-0.4, -0.2) is 23.6 Å². The minimum Gasteiger partial charge on any atom is -0.480 e. The van der Waals surface area contributed by atoms with Crippen LogP contribution in [0, 0.1) is 0 Å². The SMILES string of the molecule is [2H][C@@H](CCN)[C@]([2H])(N)C(=O)O. The van der Waals surface area contributed by atoms with Crippen LogP contribution in [0.4, 0.5) is 0 Å². The predicted octanol–water partition coefficient (Wildman–Crippen LogP) is -0.863. The molecule has 0 aliphatic carbocycles. The maximum atomic E-state index is 10.3. The highest BCUT2D eigenvalue weighted by Crippen LogP contribution is 1.91. The lowest BCUT2D eigenvalue weighted by Gasteiger charge is -2.02. The van der Waals surface area contributed by atoms with Crippen LogP contribution in [0.15, 0.2) is 0 Å². The van der Waals surface area contributed by atoms with Gasteiger partial charge >= 0.3 is 5.97 Å². The van der Waals surface area contributed by atoms with Crippen molar-refractivity contribution in [3.8, 4) is 0 Å². The Kier molecular flexibility index (Phi) is 2.48. The largest absolute Gasteiger partial charge is 0.480 e. The minimum atomic E-state index is -2.24. The summed E-state index contributed by atoms with van der Waals surface area (Å²) in [5.41, 5.74) is 10.1. The van der Waals surface area contributed by atoms with Gasteiger partial charge in [0.25, 0.3) is 0 Å². The Bertz CT molecular complexity index is 151. The van der Waals surface area contributed by atoms with Gasteiger partial charge in [-0.15, -0.1) is 0 Å². The topological polar surface area (TPSA) is 89.3 Å². The third kappa shape index (κ3) is 3.93. The quantitative estimate of drug-likeness (QED) is 0.466. The van der Waals surface area contributed by atoms with E-state index in [2.05, 4.69) is 0 Å². The Hall–Kier alpha value is -0.610. The highest BCUT2D eigenvalue weighted by Gasteiger charge is 2.08. The van der Waals surface area contributed by atoms with E-state index in [9.17, 15) is 4.79 Å². The molecule has 0 spiro atoms. The smallest absolute Gasteiger partial charge is 0.320 e. The van der Waals surface area contributed by atoms with Crippen molar-refractivity contribution >= 4 is 5.97 Å². The molecule has 0 rings (SSSR count). The van der Waals surface area contributed by atoms with Crippen molar-refractivity contribution in [3.63, 3.8) is 0 Å². The van der Waals surface area contributed by atoms with Crippen molar-refractivity contribution in [2.75, 3.05) is 6.54 Å². The first-order valence-electron chi connectivity index (χ1n) is 3.65. The first kappa shape index (κ1) is 5.20. The van der Waals surface area contributed by atoms with Crippen LogP contribution < -0.4 is 11.5 Å². The van der Waals surface area contributed by atoms with E-state index >= 15 is 0 Å². The van der Waals surface area contributed by atoms with Gasteiger partial charge in [0.1, 0.15) is 6.02 Å². The van der Waals surface area contributed by atoms with Crippen molar-refractivity contribution in [2.45, 2.75) is 18.8 Å². The van der Waals surface area contributed by atoms with Crippen LogP contribution in [-0.2, 0) is 4.79 Å². The molecule has 0 radical (unpaired) electrons. The lowest BCUT2D eigenvalue weighted by molar-refractivity contribution is -0.138. The summed E-state index contributed by atoms with van der Waals surface area (Å²) in [5.74, 6) is -1.49. The second kappa shape index (κ2) is 4.29. The van der Waals surface area contributed by atoms with E-state index < -0.39 is 18.4 Å². The Morgan fingerprint density at radius 3 is 2.89 bits per heavy atom. The summed E-state index contributed by atoms with van der Waals surface area (Å²) < 4.78 is 14.2. The van der Waals surface area contributed by atoms with Crippen molar-refractivity contribution in [1.29, 1.82) is 0 Å². The fourth-order valence-electron chi connectivity index (χ4n) is 0.326. The van der Waals surface area contributed by atoms with Gasteiger partial charge in [-0.1, -0.05) is 0 Å². The monoisotopic (exact) mass is 134 g/mol. The molecule has 0 aromatic heterocycles. The van der Waals surface area contributed by atoms with Gasteiger partial charge in [-0.05, 0) is 19.4 Å². The molecule has 0 aromatic carbocycles. The van der Waals surface area contributed by atoms with Crippen LogP contribution in [0.3, 0.4) is 0 Å². The molecule has 0 saturated heterocycles. The van der Waals surface area contributed by atoms with Crippen LogP contribution in [0.25, 0.3) is 0 Å². The molecule has 4 heteroatoms. The van der Waals surface area contributed by atoms with Gasteiger partial charge in [0.15, 0.2) is 0 Å². The standard InChI is InChI=1S/C5H12N2O2/c6-3-1-2-4(7)5(8)9/h4H,1-3,6-7H2,(H,8,9)/t4-/m0/s1/i2D,4D/t2-,4-. The molecule has 0 aliphatic heterocycles. The number of hydrogen-bond donors (Lipinski definition) is 3. The predicted molar refractivity (Wildman–Crippen MR) is 33.9 cm³/mol. The van der Waals surface area contributed by atoms with Crippen LogP contribution in [0.5, 0.6) is 0 Å². The van der Waals surface area contributed by atoms with Gasteiger partial charge in [-0.25, -0.2) is 0 Å². The summed E-state index contributed by atoms with van der Waals surface area (Å²) in [6.07, 6.45) is -1.06. The Morgan fingerprint density at radius 1 is 2.00 bits per heavy atom. The lowest BCUT2D eigenvalue weighted by Crippen LogP contribution is -2.30. The molecule has 0 saturated carbocycles. The Balaban J connectivity index is 4.17. The van der Waals surface area contributed by atoms with E-state index in [1.54, 1.807) is 0 Å². The molecule has 0 aliphatic rings. The third-order valence-electron chi connectivity index (χ3n) is 0.778. The number of nitrogens with two attached hydrogens (primary N) is 2. The van der Waals surface area contributed by atoms with E-state index in [0.717, 1.165) is 0 Å². The highest BCUT2D eigenvalue weighted by atomic mass is 16.4. The number of carboxylic acids is 1. The molecule has 0 fully saturated rings. The number of carbonyl (C=O) groups is 1. The Labute approximate surface area is 56.6 Å². The second-order valence-electron chi connectivity index (χ2n) is 1.54. The zero-order chi connectivity index (χ0) is 9.07. The van der Waals surface area contributed by atoms with E-state index in [4.69, 9.17) is 19.3 Å². The van der Waals surface area contributed by atoms with Gasteiger partial charge in [0, 0.05) is 1.37 Å². The fourth-order valence-corrected chi connectivity index (χ4v) is 0.326. The zero-order valence-corrected chi connectivity index (χ0v) is 5.00. The molecule has 0 unspecified atom stereocenters. The normalized spacial score (nSPS) is 23.3. The van der Waals surface area contributed by atoms with Crippen molar-refractivity contribution < 1.29 is 12.6 Å². The Morgan fingerprint density at radius 2 is 2.56 bits per heavy atom. The van der Waals surface area contributed by atoms with E-state index in [1.807, 2.05) is 0 Å². The summed E-state index contributed by atoms with van der Waals surface area (Å²) in [5, 5.41) is 8.36. The van der Waals surface area contributed by atoms with Gasteiger partial charge in [-0.3, -0.25) is 4.79 Å². The van der Waals surface area contributed by atoms with Crippen LogP contribution in [0.1, 0.15) is 15.6 Å². The molecule has 5 N–H and O–H groups in total. The molecular formula is C5H12N2O2. The summed E-state index contributed by atoms with van der Waals surface area (Å²) in [6.45, 7) is 0.166.